The van der Waals surface area contributed by atoms with Crippen LogP contribution in [-0.2, 0) is 0 Å². The topological polar surface area (TPSA) is 40.5 Å². The van der Waals surface area contributed by atoms with Crippen molar-refractivity contribution in [1.29, 1.82) is 0 Å². The molecule has 3 nitrogen and oxygen atoms in total. The van der Waals surface area contributed by atoms with Gasteiger partial charge < -0.3 is 10.0 Å². The zero-order chi connectivity index (χ0) is 12.8. The standard InChI is InChI=1S/C13H19NO2S/c1-4-10(9-17-3)14(2)12-8-6-5-7-11(12)13(15)16/h5-8,10H,4,9H2,1-3H3,(H,15,16). The minimum atomic E-state index is -0.869. The van der Waals surface area contributed by atoms with Crippen molar-refractivity contribution in [1.82, 2.24) is 0 Å². The van der Waals surface area contributed by atoms with Crippen molar-refractivity contribution in [2.45, 2.75) is 19.4 Å². The monoisotopic (exact) mass is 253 g/mol. The van der Waals surface area contributed by atoms with Crippen LogP contribution in [0.3, 0.4) is 0 Å². The maximum absolute atomic E-state index is 11.2. The van der Waals surface area contributed by atoms with Gasteiger partial charge in [0.2, 0.25) is 0 Å². The van der Waals surface area contributed by atoms with E-state index in [9.17, 15) is 4.79 Å². The normalized spacial score (nSPS) is 12.2. The quantitative estimate of drug-likeness (QED) is 0.846. The molecule has 0 bridgehead atoms. The van der Waals surface area contributed by atoms with Crippen molar-refractivity contribution < 1.29 is 9.90 Å². The number of benzene rings is 1. The number of rotatable bonds is 6. The van der Waals surface area contributed by atoms with E-state index in [4.69, 9.17) is 5.11 Å². The Balaban J connectivity index is 3.01. The lowest BCUT2D eigenvalue weighted by Crippen LogP contribution is -2.34. The summed E-state index contributed by atoms with van der Waals surface area (Å²) in [6.45, 7) is 2.13. The molecular formula is C13H19NO2S. The number of carboxylic acid groups (broad SMARTS) is 1. The van der Waals surface area contributed by atoms with Gasteiger partial charge in [-0.25, -0.2) is 4.79 Å². The van der Waals surface area contributed by atoms with Gasteiger partial charge in [-0.2, -0.15) is 11.8 Å². The van der Waals surface area contributed by atoms with E-state index in [-0.39, 0.29) is 0 Å². The van der Waals surface area contributed by atoms with Crippen molar-refractivity contribution in [3.8, 4) is 0 Å². The predicted octanol–water partition coefficient (Wildman–Crippen LogP) is 2.96. The summed E-state index contributed by atoms with van der Waals surface area (Å²) in [5, 5.41) is 9.17. The Hall–Kier alpha value is -1.16. The number of carboxylic acids is 1. The molecule has 94 valence electrons. The van der Waals surface area contributed by atoms with Gasteiger partial charge in [0.05, 0.1) is 11.3 Å². The maximum Gasteiger partial charge on any atom is 0.337 e. The average Bonchev–Trinajstić information content (AvgIpc) is 2.35. The first-order valence-electron chi connectivity index (χ1n) is 5.65. The molecule has 0 fully saturated rings. The van der Waals surface area contributed by atoms with Crippen LogP contribution < -0.4 is 4.90 Å². The van der Waals surface area contributed by atoms with Crippen molar-refractivity contribution in [2.24, 2.45) is 0 Å². The molecule has 4 heteroatoms. The molecule has 0 aliphatic carbocycles. The van der Waals surface area contributed by atoms with Gasteiger partial charge in [0.25, 0.3) is 0 Å². The maximum atomic E-state index is 11.2. The van der Waals surface area contributed by atoms with Gasteiger partial charge in [-0.15, -0.1) is 0 Å². The fourth-order valence-electron chi connectivity index (χ4n) is 1.85. The number of thioether (sulfide) groups is 1. The number of carbonyl (C=O) groups is 1. The summed E-state index contributed by atoms with van der Waals surface area (Å²) in [6, 6.07) is 7.53. The minimum absolute atomic E-state index is 0.366. The van der Waals surface area contributed by atoms with E-state index in [2.05, 4.69) is 18.1 Å². The molecule has 0 saturated heterocycles. The molecular weight excluding hydrogens is 234 g/mol. The smallest absolute Gasteiger partial charge is 0.337 e. The van der Waals surface area contributed by atoms with Crippen LogP contribution in [0.2, 0.25) is 0 Å². The summed E-state index contributed by atoms with van der Waals surface area (Å²) in [5.41, 5.74) is 1.16. The Labute approximate surface area is 107 Å². The number of hydrogen-bond donors (Lipinski definition) is 1. The highest BCUT2D eigenvalue weighted by Crippen LogP contribution is 2.23. The molecule has 0 radical (unpaired) electrons. The highest BCUT2D eigenvalue weighted by atomic mass is 32.2. The van der Waals surface area contributed by atoms with Gasteiger partial charge >= 0.3 is 5.97 Å². The molecule has 0 spiro atoms. The van der Waals surface area contributed by atoms with Crippen molar-refractivity contribution in [3.63, 3.8) is 0 Å². The number of para-hydroxylation sites is 1. The third kappa shape index (κ3) is 3.40. The largest absolute Gasteiger partial charge is 0.478 e. The Bertz CT molecular complexity index is 381. The van der Waals surface area contributed by atoms with Gasteiger partial charge in [-0.3, -0.25) is 0 Å². The van der Waals surface area contributed by atoms with Crippen LogP contribution in [0.1, 0.15) is 23.7 Å². The van der Waals surface area contributed by atoms with Crippen LogP contribution in [0.5, 0.6) is 0 Å². The van der Waals surface area contributed by atoms with E-state index in [1.54, 1.807) is 23.9 Å². The summed E-state index contributed by atoms with van der Waals surface area (Å²) < 4.78 is 0. The van der Waals surface area contributed by atoms with Gasteiger partial charge in [-0.1, -0.05) is 19.1 Å². The fraction of sp³-hybridized carbons (Fsp3) is 0.462. The number of nitrogens with zero attached hydrogens (tertiary/aromatic N) is 1. The third-order valence-corrected chi connectivity index (χ3v) is 3.61. The lowest BCUT2D eigenvalue weighted by Gasteiger charge is -2.29. The van der Waals surface area contributed by atoms with E-state index in [0.29, 0.717) is 11.6 Å². The molecule has 0 saturated carbocycles. The molecule has 0 amide bonds. The first-order chi connectivity index (χ1) is 8.11. The number of hydrogen-bond acceptors (Lipinski definition) is 3. The van der Waals surface area contributed by atoms with Crippen molar-refractivity contribution in [3.05, 3.63) is 29.8 Å². The first kappa shape index (κ1) is 13.9. The van der Waals surface area contributed by atoms with Crippen LogP contribution in [0, 0.1) is 0 Å². The molecule has 1 atom stereocenters. The molecule has 0 aliphatic heterocycles. The van der Waals surface area contributed by atoms with Crippen molar-refractivity contribution >= 4 is 23.4 Å². The highest BCUT2D eigenvalue weighted by Gasteiger charge is 2.18. The second-order valence-electron chi connectivity index (χ2n) is 3.95. The van der Waals surface area contributed by atoms with Crippen LogP contribution >= 0.6 is 11.8 Å². The molecule has 17 heavy (non-hydrogen) atoms. The van der Waals surface area contributed by atoms with Gasteiger partial charge in [0.15, 0.2) is 0 Å². The summed E-state index contributed by atoms with van der Waals surface area (Å²) in [6.07, 6.45) is 3.07. The Morgan fingerprint density at radius 2 is 2.12 bits per heavy atom. The molecule has 1 rings (SSSR count). The lowest BCUT2D eigenvalue weighted by atomic mass is 10.1. The second-order valence-corrected chi connectivity index (χ2v) is 4.86. The summed E-state index contributed by atoms with van der Waals surface area (Å²) in [7, 11) is 1.96. The molecule has 1 N–H and O–H groups in total. The van der Waals surface area contributed by atoms with E-state index < -0.39 is 5.97 Å². The molecule has 0 aromatic heterocycles. The predicted molar refractivity (Wildman–Crippen MR) is 74.3 cm³/mol. The van der Waals surface area contributed by atoms with E-state index in [1.807, 2.05) is 19.2 Å². The van der Waals surface area contributed by atoms with E-state index in [0.717, 1.165) is 17.9 Å². The van der Waals surface area contributed by atoms with Crippen molar-refractivity contribution in [2.75, 3.05) is 24.0 Å². The number of aromatic carboxylic acids is 1. The van der Waals surface area contributed by atoms with E-state index >= 15 is 0 Å². The van der Waals surface area contributed by atoms with Gasteiger partial charge in [-0.05, 0) is 24.8 Å². The van der Waals surface area contributed by atoms with Gasteiger partial charge in [0, 0.05) is 18.8 Å². The fourth-order valence-corrected chi connectivity index (χ4v) is 2.70. The molecule has 1 aromatic carbocycles. The molecule has 0 heterocycles. The zero-order valence-electron chi connectivity index (χ0n) is 10.5. The van der Waals surface area contributed by atoms with Crippen LogP contribution in [-0.4, -0.2) is 36.2 Å². The van der Waals surface area contributed by atoms with Crippen LogP contribution in [0.4, 0.5) is 5.69 Å². The zero-order valence-corrected chi connectivity index (χ0v) is 11.3. The lowest BCUT2D eigenvalue weighted by molar-refractivity contribution is 0.0697. The van der Waals surface area contributed by atoms with Crippen LogP contribution in [0.15, 0.2) is 24.3 Å². The van der Waals surface area contributed by atoms with E-state index in [1.165, 1.54) is 0 Å². The van der Waals surface area contributed by atoms with Gasteiger partial charge in [0.1, 0.15) is 0 Å². The Morgan fingerprint density at radius 3 is 2.65 bits per heavy atom. The Morgan fingerprint density at radius 1 is 1.47 bits per heavy atom. The first-order valence-corrected chi connectivity index (χ1v) is 7.05. The molecule has 1 aromatic rings. The number of anilines is 1. The summed E-state index contributed by atoms with van der Waals surface area (Å²) in [5.74, 6) is 0.132. The highest BCUT2D eigenvalue weighted by molar-refractivity contribution is 7.98. The summed E-state index contributed by atoms with van der Waals surface area (Å²) in [4.78, 5) is 13.2. The summed E-state index contributed by atoms with van der Waals surface area (Å²) >= 11 is 1.78. The van der Waals surface area contributed by atoms with Crippen LogP contribution in [0.25, 0.3) is 0 Å². The SMILES string of the molecule is CCC(CSC)N(C)c1ccccc1C(=O)O. The molecule has 0 aliphatic rings. The second kappa shape index (κ2) is 6.55. The Kier molecular flexibility index (Phi) is 5.35. The molecule has 1 unspecified atom stereocenters. The third-order valence-electron chi connectivity index (χ3n) is 2.89. The minimum Gasteiger partial charge on any atom is -0.478 e. The average molecular weight is 253 g/mol.